The van der Waals surface area contributed by atoms with Gasteiger partial charge in [-0.3, -0.25) is 0 Å². The fraction of sp³-hybridized carbons (Fsp3) is 0.526. The van der Waals surface area contributed by atoms with Gasteiger partial charge in [0.15, 0.2) is 0 Å². The molecule has 1 saturated heterocycles. The second-order valence-electron chi connectivity index (χ2n) is 7.09. The molecule has 1 aromatic carbocycles. The van der Waals surface area contributed by atoms with Crippen molar-refractivity contribution >= 4 is 23.3 Å². The first-order chi connectivity index (χ1) is 11.4. The summed E-state index contributed by atoms with van der Waals surface area (Å²) in [6.45, 7) is 10.6. The van der Waals surface area contributed by atoms with Crippen molar-refractivity contribution in [2.45, 2.75) is 26.1 Å². The number of nitrogens with zero attached hydrogens (tertiary/aromatic N) is 3. The number of rotatable bonds is 2. The number of nitrogens with two attached hydrogens (primary N) is 1. The Morgan fingerprint density at radius 3 is 2.46 bits per heavy atom. The van der Waals surface area contributed by atoms with E-state index in [0.29, 0.717) is 0 Å². The minimum Gasteiger partial charge on any atom is -0.357 e. The van der Waals surface area contributed by atoms with Crippen LogP contribution in [0.15, 0.2) is 40.2 Å². The molecule has 1 aromatic rings. The summed E-state index contributed by atoms with van der Waals surface area (Å²) < 4.78 is 0. The maximum absolute atomic E-state index is 6.52. The van der Waals surface area contributed by atoms with Crippen LogP contribution in [0.25, 0.3) is 0 Å². The normalized spacial score (nSPS) is 29.0. The highest BCUT2D eigenvalue weighted by atomic mass is 32.2. The van der Waals surface area contributed by atoms with Crippen molar-refractivity contribution in [1.82, 2.24) is 9.80 Å². The predicted octanol–water partition coefficient (Wildman–Crippen LogP) is 3.21. The van der Waals surface area contributed by atoms with Crippen LogP contribution < -0.4 is 5.73 Å². The van der Waals surface area contributed by atoms with E-state index in [1.54, 1.807) is 11.8 Å². The van der Waals surface area contributed by atoms with Gasteiger partial charge in [-0.25, -0.2) is 4.99 Å². The van der Waals surface area contributed by atoms with E-state index < -0.39 is 0 Å². The summed E-state index contributed by atoms with van der Waals surface area (Å²) in [6, 6.07) is 8.33. The monoisotopic (exact) mass is 344 g/mol. The van der Waals surface area contributed by atoms with Crippen molar-refractivity contribution in [2.75, 3.05) is 33.2 Å². The number of para-hydroxylation sites is 1. The van der Waals surface area contributed by atoms with Crippen LogP contribution in [0.5, 0.6) is 0 Å². The highest BCUT2D eigenvalue weighted by molar-refractivity contribution is 8.03. The molecule has 2 unspecified atom stereocenters. The Morgan fingerprint density at radius 1 is 1.21 bits per heavy atom. The fourth-order valence-electron chi connectivity index (χ4n) is 3.41. The van der Waals surface area contributed by atoms with Crippen LogP contribution in [0.1, 0.15) is 19.4 Å². The lowest BCUT2D eigenvalue weighted by molar-refractivity contribution is 0.206. The second kappa shape index (κ2) is 6.90. The number of piperazine rings is 1. The number of amidine groups is 1. The van der Waals surface area contributed by atoms with Crippen LogP contribution in [0.2, 0.25) is 0 Å². The molecule has 0 saturated carbocycles. The number of aryl methyl sites for hydroxylation is 1. The van der Waals surface area contributed by atoms with E-state index >= 15 is 0 Å². The number of thioether (sulfide) groups is 1. The molecule has 2 N–H and O–H groups in total. The molecule has 0 amide bonds. The molecule has 2 atom stereocenters. The van der Waals surface area contributed by atoms with Gasteiger partial charge in [0.1, 0.15) is 5.84 Å². The first kappa shape index (κ1) is 17.5. The Balaban J connectivity index is 2.03. The van der Waals surface area contributed by atoms with Gasteiger partial charge < -0.3 is 15.5 Å². The molecular weight excluding hydrogens is 316 g/mol. The SMILES string of the molecule is CC1=CC(C)(C(=Nc2ccccc2C)N2CCN(C)CC2)C(N)S1. The Bertz CT molecular complexity index is 661. The lowest BCUT2D eigenvalue weighted by Gasteiger charge is -2.41. The van der Waals surface area contributed by atoms with Crippen LogP contribution in [0.3, 0.4) is 0 Å². The van der Waals surface area contributed by atoms with E-state index in [0.717, 1.165) is 37.7 Å². The maximum Gasteiger partial charge on any atom is 0.117 e. The molecule has 0 aromatic heterocycles. The number of likely N-dealkylation sites (N-methyl/N-ethyl adjacent to an activating group) is 1. The third-order valence-electron chi connectivity index (χ3n) is 5.03. The van der Waals surface area contributed by atoms with Crippen LogP contribution >= 0.6 is 11.8 Å². The number of hydrogen-bond acceptors (Lipinski definition) is 4. The van der Waals surface area contributed by atoms with Crippen molar-refractivity contribution < 1.29 is 0 Å². The van der Waals surface area contributed by atoms with E-state index in [4.69, 9.17) is 10.7 Å². The maximum atomic E-state index is 6.52. The van der Waals surface area contributed by atoms with Gasteiger partial charge in [-0.15, -0.1) is 11.8 Å². The van der Waals surface area contributed by atoms with Gasteiger partial charge in [0, 0.05) is 26.2 Å². The minimum atomic E-state index is -0.229. The standard InChI is InChI=1S/C19H28N4S/c1-14-7-5-6-8-16(14)21-18(23-11-9-22(4)10-12-23)19(3)13-15(2)24-17(19)20/h5-8,13,17H,9-12,20H2,1-4H3. The molecular formula is C19H28N4S. The summed E-state index contributed by atoms with van der Waals surface area (Å²) in [5.41, 5.74) is 8.54. The second-order valence-corrected chi connectivity index (χ2v) is 8.48. The van der Waals surface area contributed by atoms with E-state index in [9.17, 15) is 0 Å². The van der Waals surface area contributed by atoms with Crippen LogP contribution in [-0.4, -0.2) is 54.2 Å². The van der Waals surface area contributed by atoms with Crippen molar-refractivity contribution in [3.8, 4) is 0 Å². The Hall–Kier alpha value is -1.30. The van der Waals surface area contributed by atoms with Gasteiger partial charge in [-0.1, -0.05) is 24.3 Å². The summed E-state index contributed by atoms with van der Waals surface area (Å²) in [6.07, 6.45) is 2.30. The van der Waals surface area contributed by atoms with Crippen molar-refractivity contribution in [2.24, 2.45) is 16.1 Å². The van der Waals surface area contributed by atoms with Gasteiger partial charge in [0.25, 0.3) is 0 Å². The molecule has 5 heteroatoms. The van der Waals surface area contributed by atoms with E-state index in [1.165, 1.54) is 10.5 Å². The molecule has 2 aliphatic heterocycles. The van der Waals surface area contributed by atoms with Crippen LogP contribution in [-0.2, 0) is 0 Å². The smallest absolute Gasteiger partial charge is 0.117 e. The summed E-state index contributed by atoms with van der Waals surface area (Å²) in [4.78, 5) is 11.2. The summed E-state index contributed by atoms with van der Waals surface area (Å²) in [5, 5.41) is 0.0138. The van der Waals surface area contributed by atoms with E-state index in [2.05, 4.69) is 68.0 Å². The lowest BCUT2D eigenvalue weighted by atomic mass is 9.87. The average molecular weight is 345 g/mol. The first-order valence-corrected chi connectivity index (χ1v) is 9.48. The third kappa shape index (κ3) is 3.39. The van der Waals surface area contributed by atoms with Crippen molar-refractivity contribution in [3.63, 3.8) is 0 Å². The van der Waals surface area contributed by atoms with Crippen LogP contribution in [0, 0.1) is 12.3 Å². The summed E-state index contributed by atoms with van der Waals surface area (Å²) >= 11 is 1.76. The zero-order valence-corrected chi connectivity index (χ0v) is 15.9. The first-order valence-electron chi connectivity index (χ1n) is 8.60. The van der Waals surface area contributed by atoms with Crippen molar-refractivity contribution in [3.05, 3.63) is 40.8 Å². The molecule has 0 bridgehead atoms. The predicted molar refractivity (Wildman–Crippen MR) is 105 cm³/mol. The zero-order valence-electron chi connectivity index (χ0n) is 15.1. The molecule has 0 aliphatic carbocycles. The highest BCUT2D eigenvalue weighted by Gasteiger charge is 2.43. The third-order valence-corrected chi connectivity index (χ3v) is 6.27. The zero-order chi connectivity index (χ0) is 17.3. The fourth-order valence-corrected chi connectivity index (χ4v) is 4.54. The summed E-state index contributed by atoms with van der Waals surface area (Å²) in [5.74, 6) is 1.11. The minimum absolute atomic E-state index is 0.0138. The molecule has 2 aliphatic rings. The van der Waals surface area contributed by atoms with Gasteiger partial charge >= 0.3 is 0 Å². The molecule has 1 fully saturated rings. The van der Waals surface area contributed by atoms with Gasteiger partial charge in [0.05, 0.1) is 16.5 Å². The number of aliphatic imine (C=N–C) groups is 1. The van der Waals surface area contributed by atoms with Gasteiger partial charge in [0.2, 0.25) is 0 Å². The Morgan fingerprint density at radius 2 is 1.88 bits per heavy atom. The quantitative estimate of drug-likeness (QED) is 0.661. The average Bonchev–Trinajstić information content (AvgIpc) is 2.81. The highest BCUT2D eigenvalue weighted by Crippen LogP contribution is 2.44. The Labute approximate surface area is 149 Å². The number of allylic oxidation sites excluding steroid dienone is 1. The number of benzene rings is 1. The molecule has 0 spiro atoms. The number of hydrogen-bond donors (Lipinski definition) is 1. The molecule has 3 rings (SSSR count). The van der Waals surface area contributed by atoms with Gasteiger partial charge in [-0.05, 0) is 44.4 Å². The molecule has 24 heavy (non-hydrogen) atoms. The van der Waals surface area contributed by atoms with E-state index in [1.807, 2.05) is 0 Å². The van der Waals surface area contributed by atoms with Crippen molar-refractivity contribution in [1.29, 1.82) is 0 Å². The van der Waals surface area contributed by atoms with E-state index in [-0.39, 0.29) is 10.8 Å². The molecule has 0 radical (unpaired) electrons. The topological polar surface area (TPSA) is 44.9 Å². The van der Waals surface area contributed by atoms with Gasteiger partial charge in [-0.2, -0.15) is 0 Å². The largest absolute Gasteiger partial charge is 0.357 e. The molecule has 4 nitrogen and oxygen atoms in total. The lowest BCUT2D eigenvalue weighted by Crippen LogP contribution is -2.54. The summed E-state index contributed by atoms with van der Waals surface area (Å²) in [7, 11) is 2.18. The molecule has 2 heterocycles. The molecule has 130 valence electrons. The Kier molecular flexibility index (Phi) is 5.04. The van der Waals surface area contributed by atoms with Crippen LogP contribution in [0.4, 0.5) is 5.69 Å².